The summed E-state index contributed by atoms with van der Waals surface area (Å²) < 4.78 is 67.5. The molecule has 1 amide bonds. The summed E-state index contributed by atoms with van der Waals surface area (Å²) >= 11 is 0. The van der Waals surface area contributed by atoms with Gasteiger partial charge >= 0.3 is 6.18 Å². The molecule has 2 aliphatic rings. The van der Waals surface area contributed by atoms with Crippen LogP contribution in [0.2, 0.25) is 0 Å². The molecule has 1 aliphatic heterocycles. The number of carbonyl (C=O) groups excluding carboxylic acids is 1. The van der Waals surface area contributed by atoms with E-state index in [9.17, 15) is 26.7 Å². The van der Waals surface area contributed by atoms with E-state index in [4.69, 9.17) is 0 Å². The molecule has 5 rings (SSSR count). The largest absolute Gasteiger partial charge is 0.416 e. The van der Waals surface area contributed by atoms with Crippen molar-refractivity contribution in [1.82, 2.24) is 9.88 Å². The van der Waals surface area contributed by atoms with Crippen molar-refractivity contribution in [3.63, 3.8) is 0 Å². The van der Waals surface area contributed by atoms with Crippen molar-refractivity contribution < 1.29 is 26.7 Å². The molecule has 0 bridgehead atoms. The summed E-state index contributed by atoms with van der Waals surface area (Å²) in [5.74, 6) is -2.91. The molecule has 0 spiro atoms. The quantitative estimate of drug-likeness (QED) is 0.484. The number of hydrogen-bond donors (Lipinski definition) is 1. The second-order valence-corrected chi connectivity index (χ2v) is 9.22. The Morgan fingerprint density at radius 1 is 0.971 bits per heavy atom. The molecule has 1 saturated carbocycles. The van der Waals surface area contributed by atoms with Crippen LogP contribution in [0.4, 0.5) is 27.6 Å². The third-order valence-corrected chi connectivity index (χ3v) is 6.81. The molecule has 34 heavy (non-hydrogen) atoms. The van der Waals surface area contributed by atoms with Crippen molar-refractivity contribution in [3.8, 4) is 5.69 Å². The minimum atomic E-state index is -4.39. The smallest absolute Gasteiger partial charge is 0.370 e. The third kappa shape index (κ3) is 4.48. The monoisotopic (exact) mass is 477 g/mol. The number of rotatable bonds is 4. The molecular formula is C25H24F5N3O. The van der Waals surface area contributed by atoms with Crippen LogP contribution in [0.15, 0.2) is 54.7 Å². The molecule has 0 unspecified atom stereocenters. The van der Waals surface area contributed by atoms with Gasteiger partial charge in [-0.1, -0.05) is 6.07 Å². The number of anilines is 1. The van der Waals surface area contributed by atoms with Crippen molar-refractivity contribution in [3.05, 3.63) is 60.3 Å². The molecule has 4 nitrogen and oxygen atoms in total. The first-order chi connectivity index (χ1) is 16.1. The Hall–Kier alpha value is -3.10. The molecule has 0 radical (unpaired) electrons. The van der Waals surface area contributed by atoms with Crippen molar-refractivity contribution in [1.29, 1.82) is 0 Å². The van der Waals surface area contributed by atoms with Gasteiger partial charge in [-0.3, -0.25) is 4.79 Å². The van der Waals surface area contributed by atoms with Gasteiger partial charge in [0.2, 0.25) is 11.8 Å². The number of benzene rings is 2. The molecule has 180 valence electrons. The molecule has 2 heterocycles. The minimum absolute atomic E-state index is 0.0977. The Morgan fingerprint density at radius 3 is 2.38 bits per heavy atom. The summed E-state index contributed by atoms with van der Waals surface area (Å²) in [6.45, 7) is 1.05. The zero-order valence-electron chi connectivity index (χ0n) is 18.3. The fourth-order valence-corrected chi connectivity index (χ4v) is 4.74. The van der Waals surface area contributed by atoms with E-state index in [1.54, 1.807) is 12.3 Å². The van der Waals surface area contributed by atoms with Gasteiger partial charge in [-0.15, -0.1) is 0 Å². The summed E-state index contributed by atoms with van der Waals surface area (Å²) in [6.07, 6.45) is -2.43. The maximum atomic E-state index is 13.3. The average molecular weight is 477 g/mol. The molecule has 0 atom stereocenters. The molecule has 2 fully saturated rings. The van der Waals surface area contributed by atoms with Crippen LogP contribution in [0.3, 0.4) is 0 Å². The maximum Gasteiger partial charge on any atom is 0.416 e. The predicted octanol–water partition coefficient (Wildman–Crippen LogP) is 5.78. The molecule has 1 aromatic heterocycles. The van der Waals surface area contributed by atoms with E-state index < -0.39 is 17.7 Å². The van der Waals surface area contributed by atoms with Crippen LogP contribution in [0.25, 0.3) is 16.6 Å². The number of hydrogen-bond acceptors (Lipinski definition) is 2. The lowest BCUT2D eigenvalue weighted by Crippen LogP contribution is -2.55. The standard InChI is InChI=1S/C25H24F5N3O/c26-24(27)9-6-19(7-10-24)31-23(34)17-14-32(15-17)20-2-1-3-21(13-20)33-11-8-16-12-18(25(28,29)30)4-5-22(16)33/h1-5,8,11-13,17,19H,6-7,9-10,14-15H2,(H,31,34). The lowest BCUT2D eigenvalue weighted by molar-refractivity contribution is -0.137. The fraction of sp³-hybridized carbons (Fsp3) is 0.400. The molecule has 1 N–H and O–H groups in total. The zero-order valence-corrected chi connectivity index (χ0v) is 18.3. The highest BCUT2D eigenvalue weighted by molar-refractivity contribution is 5.84. The molecule has 2 aromatic carbocycles. The summed E-state index contributed by atoms with van der Waals surface area (Å²) in [6, 6.07) is 12.8. The Labute approximate surface area is 193 Å². The Kier molecular flexibility index (Phi) is 5.53. The van der Waals surface area contributed by atoms with E-state index >= 15 is 0 Å². The number of alkyl halides is 5. The lowest BCUT2D eigenvalue weighted by atomic mass is 9.91. The number of amides is 1. The first-order valence-electron chi connectivity index (χ1n) is 11.3. The van der Waals surface area contributed by atoms with Crippen LogP contribution < -0.4 is 10.2 Å². The highest BCUT2D eigenvalue weighted by Crippen LogP contribution is 2.35. The minimum Gasteiger partial charge on any atom is -0.370 e. The van der Waals surface area contributed by atoms with E-state index in [-0.39, 0.29) is 30.7 Å². The average Bonchev–Trinajstić information content (AvgIpc) is 3.17. The van der Waals surface area contributed by atoms with Gasteiger partial charge in [0.25, 0.3) is 0 Å². The summed E-state index contributed by atoms with van der Waals surface area (Å²) in [4.78, 5) is 14.6. The number of aromatic nitrogens is 1. The summed E-state index contributed by atoms with van der Waals surface area (Å²) in [7, 11) is 0. The van der Waals surface area contributed by atoms with Gasteiger partial charge in [0.1, 0.15) is 0 Å². The Balaban J connectivity index is 1.24. The number of fused-ring (bicyclic) bond motifs is 1. The van der Waals surface area contributed by atoms with Crippen molar-refractivity contribution >= 4 is 22.5 Å². The van der Waals surface area contributed by atoms with Crippen molar-refractivity contribution in [2.45, 2.75) is 43.8 Å². The topological polar surface area (TPSA) is 37.3 Å². The highest BCUT2D eigenvalue weighted by Gasteiger charge is 2.38. The van der Waals surface area contributed by atoms with Crippen molar-refractivity contribution in [2.24, 2.45) is 5.92 Å². The van der Waals surface area contributed by atoms with Gasteiger partial charge < -0.3 is 14.8 Å². The summed E-state index contributed by atoms with van der Waals surface area (Å²) in [5, 5.41) is 3.42. The van der Waals surface area contributed by atoms with Gasteiger partial charge in [0.05, 0.1) is 17.0 Å². The van der Waals surface area contributed by atoms with E-state index in [0.29, 0.717) is 36.8 Å². The first-order valence-corrected chi connectivity index (χ1v) is 11.3. The summed E-state index contributed by atoms with van der Waals surface area (Å²) in [5.41, 5.74) is 1.71. The normalized spacial score (nSPS) is 19.3. The zero-order chi connectivity index (χ0) is 24.1. The maximum absolute atomic E-state index is 13.3. The van der Waals surface area contributed by atoms with Crippen LogP contribution in [0.5, 0.6) is 0 Å². The number of nitrogens with one attached hydrogen (secondary N) is 1. The number of carbonyl (C=O) groups is 1. The van der Waals surface area contributed by atoms with E-state index in [1.165, 1.54) is 6.07 Å². The van der Waals surface area contributed by atoms with Crippen LogP contribution in [-0.2, 0) is 11.0 Å². The third-order valence-electron chi connectivity index (χ3n) is 6.81. The Bertz CT molecular complexity index is 1200. The second-order valence-electron chi connectivity index (χ2n) is 9.22. The fourth-order valence-electron chi connectivity index (χ4n) is 4.74. The van der Waals surface area contributed by atoms with Crippen LogP contribution in [0.1, 0.15) is 31.2 Å². The SMILES string of the molecule is O=C(NC1CCC(F)(F)CC1)C1CN(c2cccc(-n3ccc4cc(C(F)(F)F)ccc43)c2)C1. The number of halogens is 5. The van der Waals surface area contributed by atoms with Crippen molar-refractivity contribution in [2.75, 3.05) is 18.0 Å². The first kappa shape index (κ1) is 22.7. The molecule has 1 saturated heterocycles. The predicted molar refractivity (Wildman–Crippen MR) is 119 cm³/mol. The number of nitrogens with zero attached hydrogens (tertiary/aromatic N) is 2. The van der Waals surface area contributed by atoms with Crippen LogP contribution in [0, 0.1) is 5.92 Å². The van der Waals surface area contributed by atoms with Gasteiger partial charge in [0, 0.05) is 54.9 Å². The van der Waals surface area contributed by atoms with E-state index in [1.807, 2.05) is 28.8 Å². The van der Waals surface area contributed by atoms with Gasteiger partial charge in [0.15, 0.2) is 0 Å². The molecule has 3 aromatic rings. The molecular weight excluding hydrogens is 453 g/mol. The highest BCUT2D eigenvalue weighted by atomic mass is 19.4. The molecule has 1 aliphatic carbocycles. The molecule has 9 heteroatoms. The second kappa shape index (κ2) is 8.29. The van der Waals surface area contributed by atoms with Gasteiger partial charge in [-0.2, -0.15) is 13.2 Å². The van der Waals surface area contributed by atoms with Gasteiger partial charge in [-0.25, -0.2) is 8.78 Å². The van der Waals surface area contributed by atoms with Crippen LogP contribution in [-0.4, -0.2) is 35.5 Å². The lowest BCUT2D eigenvalue weighted by Gasteiger charge is -2.41. The van der Waals surface area contributed by atoms with Crippen LogP contribution >= 0.6 is 0 Å². The van der Waals surface area contributed by atoms with E-state index in [2.05, 4.69) is 10.2 Å². The van der Waals surface area contributed by atoms with E-state index in [0.717, 1.165) is 23.5 Å². The Morgan fingerprint density at radius 2 is 1.68 bits per heavy atom. The van der Waals surface area contributed by atoms with Gasteiger partial charge in [-0.05, 0) is 55.3 Å².